The van der Waals surface area contributed by atoms with Gasteiger partial charge < -0.3 is 14.8 Å². The van der Waals surface area contributed by atoms with Gasteiger partial charge in [0.1, 0.15) is 5.75 Å². The summed E-state index contributed by atoms with van der Waals surface area (Å²) in [6, 6.07) is 9.74. The minimum atomic E-state index is -3.79. The molecule has 2 aromatic carbocycles. The number of carbonyl (C=O) groups excluding carboxylic acids is 1. The standard InChI is InChI=1S/C19H22N2O7S2/c1-27-18-8-7-16(30(25,26)21-9-11-28-12-10-21)13-17(18)19(22)20-14-3-5-15(6-4-14)29(2,23)24/h3-8,13H,9-12H2,1-2H3,(H,20,22). The van der Waals surface area contributed by atoms with E-state index in [1.807, 2.05) is 0 Å². The van der Waals surface area contributed by atoms with Crippen molar-refractivity contribution in [2.75, 3.05) is 45.0 Å². The van der Waals surface area contributed by atoms with E-state index in [1.165, 1.54) is 53.9 Å². The number of sulfonamides is 1. The van der Waals surface area contributed by atoms with E-state index in [0.29, 0.717) is 18.9 Å². The molecule has 1 heterocycles. The summed E-state index contributed by atoms with van der Waals surface area (Å²) in [5.41, 5.74) is 0.398. The molecule has 30 heavy (non-hydrogen) atoms. The fourth-order valence-electron chi connectivity index (χ4n) is 2.94. The van der Waals surface area contributed by atoms with Gasteiger partial charge in [-0.25, -0.2) is 16.8 Å². The Labute approximate surface area is 175 Å². The third-order valence-corrected chi connectivity index (χ3v) is 7.59. The molecular weight excluding hydrogens is 432 g/mol. The number of hydrogen-bond acceptors (Lipinski definition) is 7. The van der Waals surface area contributed by atoms with Gasteiger partial charge in [-0.1, -0.05) is 0 Å². The number of anilines is 1. The van der Waals surface area contributed by atoms with E-state index in [0.717, 1.165) is 6.26 Å². The fourth-order valence-corrected chi connectivity index (χ4v) is 5.01. The van der Waals surface area contributed by atoms with Crippen molar-refractivity contribution >= 4 is 31.5 Å². The number of benzene rings is 2. The van der Waals surface area contributed by atoms with Crippen molar-refractivity contribution in [3.05, 3.63) is 48.0 Å². The van der Waals surface area contributed by atoms with Gasteiger partial charge in [-0.15, -0.1) is 0 Å². The lowest BCUT2D eigenvalue weighted by Gasteiger charge is -2.26. The molecule has 0 aliphatic carbocycles. The van der Waals surface area contributed by atoms with Gasteiger partial charge in [0.25, 0.3) is 5.91 Å². The van der Waals surface area contributed by atoms with E-state index in [2.05, 4.69) is 5.32 Å². The number of nitrogens with one attached hydrogen (secondary N) is 1. The van der Waals surface area contributed by atoms with Crippen LogP contribution >= 0.6 is 0 Å². The van der Waals surface area contributed by atoms with Crippen molar-refractivity contribution in [3.8, 4) is 5.75 Å². The molecular formula is C19H22N2O7S2. The van der Waals surface area contributed by atoms with Gasteiger partial charge in [-0.2, -0.15) is 4.31 Å². The molecule has 0 saturated carbocycles. The second kappa shape index (κ2) is 8.72. The van der Waals surface area contributed by atoms with E-state index in [-0.39, 0.29) is 34.2 Å². The zero-order valence-electron chi connectivity index (χ0n) is 16.5. The molecule has 1 saturated heterocycles. The van der Waals surface area contributed by atoms with Gasteiger partial charge in [-0.3, -0.25) is 4.79 Å². The quantitative estimate of drug-likeness (QED) is 0.700. The normalized spacial score (nSPS) is 15.5. The van der Waals surface area contributed by atoms with E-state index < -0.39 is 25.8 Å². The molecule has 0 bridgehead atoms. The number of hydrogen-bond donors (Lipinski definition) is 1. The minimum Gasteiger partial charge on any atom is -0.496 e. The number of sulfone groups is 1. The van der Waals surface area contributed by atoms with Crippen molar-refractivity contribution in [3.63, 3.8) is 0 Å². The number of rotatable bonds is 6. The summed E-state index contributed by atoms with van der Waals surface area (Å²) in [4.78, 5) is 12.9. The van der Waals surface area contributed by atoms with Crippen LogP contribution in [0.4, 0.5) is 5.69 Å². The summed E-state index contributed by atoms with van der Waals surface area (Å²) in [5.74, 6) is -0.376. The van der Waals surface area contributed by atoms with Crippen molar-refractivity contribution in [2.24, 2.45) is 0 Å². The molecule has 1 fully saturated rings. The van der Waals surface area contributed by atoms with Crippen LogP contribution in [0.3, 0.4) is 0 Å². The smallest absolute Gasteiger partial charge is 0.259 e. The summed E-state index contributed by atoms with van der Waals surface area (Å²) in [6.07, 6.45) is 1.09. The number of morpholine rings is 1. The molecule has 1 amide bonds. The molecule has 162 valence electrons. The second-order valence-electron chi connectivity index (χ2n) is 6.63. The summed E-state index contributed by atoms with van der Waals surface area (Å²) in [7, 11) is -5.77. The molecule has 0 spiro atoms. The predicted molar refractivity (Wildman–Crippen MR) is 110 cm³/mol. The molecule has 1 aliphatic heterocycles. The first-order chi connectivity index (χ1) is 14.1. The Morgan fingerprint density at radius 1 is 1.00 bits per heavy atom. The number of methoxy groups -OCH3 is 1. The van der Waals surface area contributed by atoms with Crippen molar-refractivity contribution in [2.45, 2.75) is 9.79 Å². The zero-order valence-corrected chi connectivity index (χ0v) is 18.1. The molecule has 9 nitrogen and oxygen atoms in total. The first kappa shape index (κ1) is 22.2. The van der Waals surface area contributed by atoms with Crippen LogP contribution in [0, 0.1) is 0 Å². The van der Waals surface area contributed by atoms with Crippen LogP contribution in [0.2, 0.25) is 0 Å². The monoisotopic (exact) mass is 454 g/mol. The highest BCUT2D eigenvalue weighted by atomic mass is 32.2. The van der Waals surface area contributed by atoms with Crippen LogP contribution in [0.25, 0.3) is 0 Å². The Kier molecular flexibility index (Phi) is 6.46. The third kappa shape index (κ3) is 4.81. The lowest BCUT2D eigenvalue weighted by atomic mass is 10.2. The number of carbonyl (C=O) groups is 1. The Morgan fingerprint density at radius 2 is 1.60 bits per heavy atom. The Balaban J connectivity index is 1.88. The van der Waals surface area contributed by atoms with Crippen LogP contribution in [-0.4, -0.2) is 66.7 Å². The number of nitrogens with zero attached hydrogens (tertiary/aromatic N) is 1. The predicted octanol–water partition coefficient (Wildman–Crippen LogP) is 1.37. The Bertz CT molecular complexity index is 1140. The molecule has 1 aliphatic rings. The molecule has 11 heteroatoms. The fraction of sp³-hybridized carbons (Fsp3) is 0.316. The summed E-state index contributed by atoms with van der Waals surface area (Å²) >= 11 is 0. The highest BCUT2D eigenvalue weighted by molar-refractivity contribution is 7.90. The van der Waals surface area contributed by atoms with E-state index in [1.54, 1.807) is 0 Å². The van der Waals surface area contributed by atoms with Crippen LogP contribution < -0.4 is 10.1 Å². The van der Waals surface area contributed by atoms with E-state index in [9.17, 15) is 21.6 Å². The van der Waals surface area contributed by atoms with Gasteiger partial charge >= 0.3 is 0 Å². The largest absolute Gasteiger partial charge is 0.496 e. The minimum absolute atomic E-state index is 0.0252. The van der Waals surface area contributed by atoms with Gasteiger partial charge in [-0.05, 0) is 42.5 Å². The maximum Gasteiger partial charge on any atom is 0.259 e. The van der Waals surface area contributed by atoms with Crippen LogP contribution in [0.15, 0.2) is 52.3 Å². The van der Waals surface area contributed by atoms with Crippen LogP contribution in [0.1, 0.15) is 10.4 Å². The lowest BCUT2D eigenvalue weighted by Crippen LogP contribution is -2.40. The summed E-state index contributed by atoms with van der Waals surface area (Å²) in [6.45, 7) is 1.10. The summed E-state index contributed by atoms with van der Waals surface area (Å²) < 4.78 is 60.6. The molecule has 0 radical (unpaired) electrons. The van der Waals surface area contributed by atoms with E-state index in [4.69, 9.17) is 9.47 Å². The Hall–Kier alpha value is -2.47. The molecule has 1 N–H and O–H groups in total. The molecule has 2 aromatic rings. The maximum absolute atomic E-state index is 12.9. The van der Waals surface area contributed by atoms with Crippen molar-refractivity contribution < 1.29 is 31.1 Å². The van der Waals surface area contributed by atoms with E-state index >= 15 is 0 Å². The van der Waals surface area contributed by atoms with Gasteiger partial charge in [0.15, 0.2) is 9.84 Å². The number of ether oxygens (including phenoxy) is 2. The topological polar surface area (TPSA) is 119 Å². The van der Waals surface area contributed by atoms with Crippen LogP contribution in [0.5, 0.6) is 5.75 Å². The van der Waals surface area contributed by atoms with Gasteiger partial charge in [0.05, 0.1) is 35.7 Å². The molecule has 0 aromatic heterocycles. The molecule has 0 atom stereocenters. The zero-order chi connectivity index (χ0) is 21.9. The second-order valence-corrected chi connectivity index (χ2v) is 10.6. The third-order valence-electron chi connectivity index (χ3n) is 4.56. The SMILES string of the molecule is COc1ccc(S(=O)(=O)N2CCOCC2)cc1C(=O)Nc1ccc(S(C)(=O)=O)cc1. The maximum atomic E-state index is 12.9. The number of amides is 1. The van der Waals surface area contributed by atoms with Crippen molar-refractivity contribution in [1.82, 2.24) is 4.31 Å². The highest BCUT2D eigenvalue weighted by Gasteiger charge is 2.28. The average molecular weight is 455 g/mol. The first-order valence-corrected chi connectivity index (χ1v) is 12.3. The molecule has 3 rings (SSSR count). The average Bonchev–Trinajstić information content (AvgIpc) is 2.73. The van der Waals surface area contributed by atoms with Crippen LogP contribution in [-0.2, 0) is 24.6 Å². The summed E-state index contributed by atoms with van der Waals surface area (Å²) in [5, 5.41) is 2.63. The van der Waals surface area contributed by atoms with Gasteiger partial charge in [0.2, 0.25) is 10.0 Å². The Morgan fingerprint density at radius 3 is 2.17 bits per heavy atom. The first-order valence-electron chi connectivity index (χ1n) is 9.00. The van der Waals surface area contributed by atoms with Gasteiger partial charge in [0, 0.05) is 25.0 Å². The molecule has 0 unspecified atom stereocenters. The highest BCUT2D eigenvalue weighted by Crippen LogP contribution is 2.26. The van der Waals surface area contributed by atoms with Crippen molar-refractivity contribution in [1.29, 1.82) is 0 Å². The lowest BCUT2D eigenvalue weighted by molar-refractivity contribution is 0.0730.